The van der Waals surface area contributed by atoms with E-state index in [1.54, 1.807) is 7.11 Å². The SMILES string of the molecule is CCNC(=NCc1cc(C(C)C)no1)NCC(c1ccc(OC)cc1)N1CCOCC1.I. The molecule has 1 aliphatic heterocycles. The maximum atomic E-state index is 5.56. The van der Waals surface area contributed by atoms with Crippen LogP contribution in [-0.4, -0.2) is 62.5 Å². The maximum Gasteiger partial charge on any atom is 0.191 e. The molecule has 2 N–H and O–H groups in total. The standard InChI is InChI=1S/C23H35N5O3.HI/c1-5-24-23(25-15-20-14-21(17(2)3)27-31-20)26-16-22(28-10-12-30-13-11-28)18-6-8-19(29-4)9-7-18;/h6-9,14,17,22H,5,10-13,15-16H2,1-4H3,(H2,24,25,26);1H. The topological polar surface area (TPSA) is 84.2 Å². The summed E-state index contributed by atoms with van der Waals surface area (Å²) in [4.78, 5) is 7.14. The second-order valence-electron chi connectivity index (χ2n) is 7.89. The molecular formula is C23H36IN5O3. The van der Waals surface area contributed by atoms with Crippen molar-refractivity contribution in [2.24, 2.45) is 4.99 Å². The molecule has 1 atom stereocenters. The Morgan fingerprint density at radius 1 is 1.19 bits per heavy atom. The number of ether oxygens (including phenoxy) is 2. The Balaban J connectivity index is 0.00000363. The number of aromatic nitrogens is 1. The molecule has 0 radical (unpaired) electrons. The Morgan fingerprint density at radius 2 is 1.91 bits per heavy atom. The number of morpholine rings is 1. The van der Waals surface area contributed by atoms with Crippen LogP contribution in [0, 0.1) is 0 Å². The lowest BCUT2D eigenvalue weighted by molar-refractivity contribution is 0.0170. The molecule has 1 fully saturated rings. The molecule has 0 amide bonds. The lowest BCUT2D eigenvalue weighted by Gasteiger charge is -2.35. The van der Waals surface area contributed by atoms with Gasteiger partial charge in [0.25, 0.3) is 0 Å². The number of rotatable bonds is 9. The van der Waals surface area contributed by atoms with Crippen molar-refractivity contribution in [1.29, 1.82) is 0 Å². The van der Waals surface area contributed by atoms with E-state index in [2.05, 4.69) is 53.6 Å². The highest BCUT2D eigenvalue weighted by Crippen LogP contribution is 2.23. The van der Waals surface area contributed by atoms with E-state index in [1.807, 2.05) is 18.2 Å². The second-order valence-corrected chi connectivity index (χ2v) is 7.89. The molecule has 0 aliphatic carbocycles. The molecule has 9 heteroatoms. The second kappa shape index (κ2) is 13.6. The lowest BCUT2D eigenvalue weighted by atomic mass is 10.0. The van der Waals surface area contributed by atoms with Gasteiger partial charge in [-0.15, -0.1) is 24.0 Å². The third-order valence-electron chi connectivity index (χ3n) is 5.36. The van der Waals surface area contributed by atoms with E-state index < -0.39 is 0 Å². The summed E-state index contributed by atoms with van der Waals surface area (Å²) in [5.41, 5.74) is 2.19. The largest absolute Gasteiger partial charge is 0.497 e. The van der Waals surface area contributed by atoms with Crippen molar-refractivity contribution in [3.05, 3.63) is 47.3 Å². The van der Waals surface area contributed by atoms with Crippen LogP contribution in [0.2, 0.25) is 0 Å². The van der Waals surface area contributed by atoms with Crippen molar-refractivity contribution in [1.82, 2.24) is 20.7 Å². The summed E-state index contributed by atoms with van der Waals surface area (Å²) in [6, 6.07) is 10.5. The average molecular weight is 557 g/mol. The van der Waals surface area contributed by atoms with Crippen molar-refractivity contribution in [3.63, 3.8) is 0 Å². The zero-order valence-corrected chi connectivity index (χ0v) is 21.8. The highest BCUT2D eigenvalue weighted by molar-refractivity contribution is 14.0. The van der Waals surface area contributed by atoms with Gasteiger partial charge in [-0.3, -0.25) is 4.90 Å². The molecule has 0 spiro atoms. The number of nitrogens with one attached hydrogen (secondary N) is 2. The molecule has 178 valence electrons. The number of aliphatic imine (C=N–C) groups is 1. The first-order valence-electron chi connectivity index (χ1n) is 11.0. The van der Waals surface area contributed by atoms with Gasteiger partial charge in [-0.1, -0.05) is 31.1 Å². The molecule has 1 saturated heterocycles. The van der Waals surface area contributed by atoms with E-state index in [1.165, 1.54) is 5.56 Å². The monoisotopic (exact) mass is 557 g/mol. The molecule has 1 unspecified atom stereocenters. The van der Waals surface area contributed by atoms with E-state index in [0.717, 1.165) is 62.6 Å². The summed E-state index contributed by atoms with van der Waals surface area (Å²) >= 11 is 0. The van der Waals surface area contributed by atoms with Gasteiger partial charge in [0.1, 0.15) is 12.3 Å². The lowest BCUT2D eigenvalue weighted by Crippen LogP contribution is -2.46. The van der Waals surface area contributed by atoms with E-state index in [4.69, 9.17) is 19.0 Å². The van der Waals surface area contributed by atoms with Gasteiger partial charge in [0.15, 0.2) is 11.7 Å². The molecule has 0 bridgehead atoms. The molecule has 2 aromatic rings. The zero-order chi connectivity index (χ0) is 22.1. The Kier molecular flexibility index (Phi) is 11.3. The predicted octanol–water partition coefficient (Wildman–Crippen LogP) is 3.55. The highest BCUT2D eigenvalue weighted by atomic mass is 127. The molecule has 1 aromatic heterocycles. The smallest absolute Gasteiger partial charge is 0.191 e. The number of halogens is 1. The van der Waals surface area contributed by atoms with Gasteiger partial charge in [0.05, 0.1) is 32.1 Å². The quantitative estimate of drug-likeness (QED) is 0.277. The first-order chi connectivity index (χ1) is 15.1. The first kappa shape index (κ1) is 26.4. The summed E-state index contributed by atoms with van der Waals surface area (Å²) in [6.07, 6.45) is 0. The molecule has 8 nitrogen and oxygen atoms in total. The van der Waals surface area contributed by atoms with E-state index in [-0.39, 0.29) is 30.0 Å². The minimum Gasteiger partial charge on any atom is -0.497 e. The van der Waals surface area contributed by atoms with E-state index in [9.17, 15) is 0 Å². The average Bonchev–Trinajstić information content (AvgIpc) is 3.28. The minimum absolute atomic E-state index is 0. The first-order valence-corrected chi connectivity index (χ1v) is 11.0. The van der Waals surface area contributed by atoms with Crippen LogP contribution >= 0.6 is 24.0 Å². The summed E-state index contributed by atoms with van der Waals surface area (Å²) in [5, 5.41) is 10.9. The number of hydrogen-bond acceptors (Lipinski definition) is 6. The fraction of sp³-hybridized carbons (Fsp3) is 0.565. The number of nitrogens with zero attached hydrogens (tertiary/aromatic N) is 3. The van der Waals surface area contributed by atoms with E-state index >= 15 is 0 Å². The molecule has 3 rings (SSSR count). The number of benzene rings is 1. The Bertz CT molecular complexity index is 819. The molecule has 1 aliphatic rings. The molecule has 2 heterocycles. The third kappa shape index (κ3) is 7.63. The van der Waals surface area contributed by atoms with Crippen LogP contribution in [0.3, 0.4) is 0 Å². The Labute approximate surface area is 208 Å². The van der Waals surface area contributed by atoms with Crippen LogP contribution in [-0.2, 0) is 11.3 Å². The number of methoxy groups -OCH3 is 1. The summed E-state index contributed by atoms with van der Waals surface area (Å²) in [5.74, 6) is 2.73. The van der Waals surface area contributed by atoms with Gasteiger partial charge in [0.2, 0.25) is 0 Å². The van der Waals surface area contributed by atoms with Gasteiger partial charge in [-0.2, -0.15) is 0 Å². The van der Waals surface area contributed by atoms with E-state index in [0.29, 0.717) is 12.5 Å². The van der Waals surface area contributed by atoms with Crippen LogP contribution in [0.25, 0.3) is 0 Å². The Hall–Kier alpha value is -1.85. The van der Waals surface area contributed by atoms with Crippen LogP contribution in [0.5, 0.6) is 5.75 Å². The van der Waals surface area contributed by atoms with Crippen molar-refractivity contribution in [3.8, 4) is 5.75 Å². The fourth-order valence-electron chi connectivity index (χ4n) is 3.54. The summed E-state index contributed by atoms with van der Waals surface area (Å²) < 4.78 is 16.3. The fourth-order valence-corrected chi connectivity index (χ4v) is 3.54. The molecule has 0 saturated carbocycles. The van der Waals surface area contributed by atoms with Gasteiger partial charge >= 0.3 is 0 Å². The minimum atomic E-state index is 0. The van der Waals surface area contributed by atoms with Crippen LogP contribution in [0.15, 0.2) is 39.8 Å². The van der Waals surface area contributed by atoms with Gasteiger partial charge < -0.3 is 24.6 Å². The van der Waals surface area contributed by atoms with Gasteiger partial charge in [-0.25, -0.2) is 4.99 Å². The summed E-state index contributed by atoms with van der Waals surface area (Å²) in [6.45, 7) is 11.5. The predicted molar refractivity (Wildman–Crippen MR) is 137 cm³/mol. The van der Waals surface area contributed by atoms with Crippen LogP contribution in [0.4, 0.5) is 0 Å². The highest BCUT2D eigenvalue weighted by Gasteiger charge is 2.23. The van der Waals surface area contributed by atoms with Crippen molar-refractivity contribution in [2.45, 2.75) is 39.3 Å². The third-order valence-corrected chi connectivity index (χ3v) is 5.36. The molecule has 1 aromatic carbocycles. The molecule has 32 heavy (non-hydrogen) atoms. The van der Waals surface area contributed by atoms with Crippen molar-refractivity contribution < 1.29 is 14.0 Å². The van der Waals surface area contributed by atoms with Crippen molar-refractivity contribution in [2.75, 3.05) is 46.5 Å². The number of guanidine groups is 1. The normalized spacial score (nSPS) is 15.8. The molecular weight excluding hydrogens is 521 g/mol. The maximum absolute atomic E-state index is 5.56. The Morgan fingerprint density at radius 3 is 2.50 bits per heavy atom. The van der Waals surface area contributed by atoms with Crippen LogP contribution < -0.4 is 15.4 Å². The van der Waals surface area contributed by atoms with Gasteiger partial charge in [0, 0.05) is 32.2 Å². The van der Waals surface area contributed by atoms with Gasteiger partial charge in [-0.05, 0) is 30.5 Å². The zero-order valence-electron chi connectivity index (χ0n) is 19.5. The van der Waals surface area contributed by atoms with Crippen LogP contribution in [0.1, 0.15) is 49.7 Å². The number of hydrogen-bond donors (Lipinski definition) is 2. The summed E-state index contributed by atoms with van der Waals surface area (Å²) in [7, 11) is 1.69. The van der Waals surface area contributed by atoms with Crippen molar-refractivity contribution >= 4 is 29.9 Å².